The quantitative estimate of drug-likeness (QED) is 0.916. The summed E-state index contributed by atoms with van der Waals surface area (Å²) in [6, 6.07) is 3.71. The van der Waals surface area contributed by atoms with Crippen LogP contribution in [-0.4, -0.2) is 29.3 Å². The molecule has 0 atom stereocenters. The van der Waals surface area contributed by atoms with E-state index in [1.807, 2.05) is 17.5 Å². The molecule has 3 rings (SSSR count). The molecule has 0 bridgehead atoms. The Hall–Kier alpha value is -1.60. The average Bonchev–Trinajstić information content (AvgIpc) is 2.85. The van der Waals surface area contributed by atoms with Crippen molar-refractivity contribution in [1.82, 2.24) is 4.98 Å². The van der Waals surface area contributed by atoms with E-state index in [1.54, 1.807) is 0 Å². The molecule has 1 aromatic heterocycles. The molecule has 1 aromatic carbocycles. The highest BCUT2D eigenvalue weighted by Gasteiger charge is 2.17. The third kappa shape index (κ3) is 2.64. The van der Waals surface area contributed by atoms with E-state index in [-0.39, 0.29) is 6.42 Å². The number of nitrogens with zero attached hydrogens (tertiary/aromatic N) is 1. The lowest BCUT2D eigenvalue weighted by atomic mass is 10.1. The van der Waals surface area contributed by atoms with E-state index in [2.05, 4.69) is 20.9 Å². The van der Waals surface area contributed by atoms with Crippen molar-refractivity contribution in [3.05, 3.63) is 27.0 Å². The highest BCUT2D eigenvalue weighted by Crippen LogP contribution is 2.40. The Morgan fingerprint density at radius 1 is 1.35 bits per heavy atom. The molecule has 0 radical (unpaired) electrons. The van der Waals surface area contributed by atoms with Crippen LogP contribution in [0.15, 0.2) is 22.0 Å². The maximum absolute atomic E-state index is 10.7. The number of carboxylic acids is 1. The minimum absolute atomic E-state index is 0.0627. The molecular formula is C13H10BrNO4S. The highest BCUT2D eigenvalue weighted by molar-refractivity contribution is 9.10. The van der Waals surface area contributed by atoms with Crippen LogP contribution in [0, 0.1) is 0 Å². The van der Waals surface area contributed by atoms with Crippen molar-refractivity contribution < 1.29 is 19.4 Å². The summed E-state index contributed by atoms with van der Waals surface area (Å²) in [4.78, 5) is 15.0. The Morgan fingerprint density at radius 2 is 2.05 bits per heavy atom. The molecule has 0 unspecified atom stereocenters. The van der Waals surface area contributed by atoms with Gasteiger partial charge in [-0.15, -0.1) is 11.3 Å². The lowest BCUT2D eigenvalue weighted by molar-refractivity contribution is -0.136. The topological polar surface area (TPSA) is 68.7 Å². The molecule has 1 N–H and O–H groups in total. The summed E-state index contributed by atoms with van der Waals surface area (Å²) in [6.07, 6.45) is -0.0627. The van der Waals surface area contributed by atoms with Gasteiger partial charge in [0.2, 0.25) is 0 Å². The first-order valence-electron chi connectivity index (χ1n) is 5.89. The number of hydrogen-bond acceptors (Lipinski definition) is 5. The third-order valence-electron chi connectivity index (χ3n) is 2.76. The number of fused-ring (bicyclic) bond motifs is 1. The molecule has 2 aromatic rings. The second-order valence-corrected chi connectivity index (χ2v) is 5.97. The molecule has 5 nitrogen and oxygen atoms in total. The van der Waals surface area contributed by atoms with Gasteiger partial charge < -0.3 is 14.6 Å². The van der Waals surface area contributed by atoms with Crippen LogP contribution in [0.5, 0.6) is 11.5 Å². The minimum Gasteiger partial charge on any atom is -0.486 e. The Kier molecular flexibility index (Phi) is 3.62. The smallest absolute Gasteiger partial charge is 0.310 e. The van der Waals surface area contributed by atoms with E-state index >= 15 is 0 Å². The first-order chi connectivity index (χ1) is 9.63. The van der Waals surface area contributed by atoms with E-state index < -0.39 is 5.97 Å². The van der Waals surface area contributed by atoms with Crippen LogP contribution in [0.2, 0.25) is 0 Å². The maximum atomic E-state index is 10.7. The highest BCUT2D eigenvalue weighted by atomic mass is 79.9. The van der Waals surface area contributed by atoms with Crippen molar-refractivity contribution in [3.8, 4) is 22.8 Å². The molecule has 2 heterocycles. The van der Waals surface area contributed by atoms with Crippen molar-refractivity contribution in [3.63, 3.8) is 0 Å². The molecule has 0 fully saturated rings. The number of benzene rings is 1. The summed E-state index contributed by atoms with van der Waals surface area (Å²) in [5, 5.41) is 11.2. The summed E-state index contributed by atoms with van der Waals surface area (Å²) in [5.74, 6) is 0.502. The lowest BCUT2D eigenvalue weighted by Gasteiger charge is -2.19. The van der Waals surface area contributed by atoms with Crippen molar-refractivity contribution >= 4 is 33.2 Å². The average molecular weight is 356 g/mol. The van der Waals surface area contributed by atoms with Gasteiger partial charge >= 0.3 is 5.97 Å². The van der Waals surface area contributed by atoms with Crippen LogP contribution >= 0.6 is 27.3 Å². The van der Waals surface area contributed by atoms with Crippen molar-refractivity contribution in [2.45, 2.75) is 6.42 Å². The number of ether oxygens (including phenoxy) is 2. The molecular weight excluding hydrogens is 346 g/mol. The third-order valence-corrected chi connectivity index (χ3v) is 4.27. The van der Waals surface area contributed by atoms with Gasteiger partial charge in [-0.25, -0.2) is 4.98 Å². The predicted molar refractivity (Wildman–Crippen MR) is 77.6 cm³/mol. The van der Waals surface area contributed by atoms with Gasteiger partial charge in [-0.3, -0.25) is 4.79 Å². The number of hydrogen-bond donors (Lipinski definition) is 1. The maximum Gasteiger partial charge on any atom is 0.310 e. The van der Waals surface area contributed by atoms with Crippen molar-refractivity contribution in [1.29, 1.82) is 0 Å². The van der Waals surface area contributed by atoms with Gasteiger partial charge in [0.05, 0.1) is 12.1 Å². The van der Waals surface area contributed by atoms with E-state index in [1.165, 1.54) is 11.3 Å². The summed E-state index contributed by atoms with van der Waals surface area (Å²) in [6.45, 7) is 1.06. The van der Waals surface area contributed by atoms with Crippen molar-refractivity contribution in [2.75, 3.05) is 13.2 Å². The van der Waals surface area contributed by atoms with E-state index in [0.717, 1.165) is 15.7 Å². The molecule has 0 saturated carbocycles. The Bertz CT molecular complexity index is 670. The summed E-state index contributed by atoms with van der Waals surface area (Å²) in [7, 11) is 0. The van der Waals surface area contributed by atoms with Crippen LogP contribution < -0.4 is 9.47 Å². The molecule has 0 aliphatic carbocycles. The van der Waals surface area contributed by atoms with Gasteiger partial charge in [-0.1, -0.05) is 0 Å². The van der Waals surface area contributed by atoms with Crippen LogP contribution in [0.25, 0.3) is 11.3 Å². The molecule has 0 saturated heterocycles. The second kappa shape index (κ2) is 5.41. The fourth-order valence-electron chi connectivity index (χ4n) is 1.91. The zero-order valence-corrected chi connectivity index (χ0v) is 12.7. The number of halogens is 1. The van der Waals surface area contributed by atoms with Gasteiger partial charge in [-0.05, 0) is 28.1 Å². The standard InChI is InChI=1S/C13H10BrNO4S/c14-8-4-11-10(18-1-2-19-11)3-7(8)9-6-20-12(15-9)5-13(16)17/h3-4,6H,1-2,5H2,(H,16,17). The summed E-state index contributed by atoms with van der Waals surface area (Å²) < 4.78 is 11.9. The number of aliphatic carboxylic acids is 1. The zero-order chi connectivity index (χ0) is 14.1. The van der Waals surface area contributed by atoms with E-state index in [0.29, 0.717) is 29.7 Å². The molecule has 0 spiro atoms. The normalized spacial score (nSPS) is 13.2. The van der Waals surface area contributed by atoms with E-state index in [9.17, 15) is 4.79 Å². The predicted octanol–water partition coefficient (Wildman–Crippen LogP) is 2.97. The monoisotopic (exact) mass is 355 g/mol. The van der Waals surface area contributed by atoms with Gasteiger partial charge in [-0.2, -0.15) is 0 Å². The molecule has 0 amide bonds. The Labute approximate surface area is 127 Å². The van der Waals surface area contributed by atoms with Crippen LogP contribution in [0.1, 0.15) is 5.01 Å². The van der Waals surface area contributed by atoms with Gasteiger partial charge in [0, 0.05) is 15.4 Å². The molecule has 104 valence electrons. The van der Waals surface area contributed by atoms with Gasteiger partial charge in [0.15, 0.2) is 11.5 Å². The molecule has 7 heteroatoms. The van der Waals surface area contributed by atoms with Crippen LogP contribution in [-0.2, 0) is 11.2 Å². The first kappa shape index (κ1) is 13.4. The lowest BCUT2D eigenvalue weighted by Crippen LogP contribution is -2.15. The first-order valence-corrected chi connectivity index (χ1v) is 7.56. The fraction of sp³-hybridized carbons (Fsp3) is 0.231. The SMILES string of the molecule is O=C(O)Cc1nc(-c2cc3c(cc2Br)OCCO3)cs1. The zero-order valence-electron chi connectivity index (χ0n) is 10.3. The summed E-state index contributed by atoms with van der Waals surface area (Å²) in [5.41, 5.74) is 1.59. The fourth-order valence-corrected chi connectivity index (χ4v) is 3.22. The number of rotatable bonds is 3. The van der Waals surface area contributed by atoms with Gasteiger partial charge in [0.1, 0.15) is 18.2 Å². The number of aromatic nitrogens is 1. The molecule has 1 aliphatic rings. The van der Waals surface area contributed by atoms with E-state index in [4.69, 9.17) is 14.6 Å². The molecule has 1 aliphatic heterocycles. The second-order valence-electron chi connectivity index (χ2n) is 4.17. The van der Waals surface area contributed by atoms with Crippen LogP contribution in [0.3, 0.4) is 0 Å². The number of thiazole rings is 1. The summed E-state index contributed by atoms with van der Waals surface area (Å²) >= 11 is 4.82. The van der Waals surface area contributed by atoms with Crippen LogP contribution in [0.4, 0.5) is 0 Å². The molecule has 20 heavy (non-hydrogen) atoms. The largest absolute Gasteiger partial charge is 0.486 e. The Balaban J connectivity index is 1.97. The van der Waals surface area contributed by atoms with Gasteiger partial charge in [0.25, 0.3) is 0 Å². The Morgan fingerprint density at radius 3 is 2.75 bits per heavy atom. The minimum atomic E-state index is -0.882. The van der Waals surface area contributed by atoms with Crippen molar-refractivity contribution in [2.24, 2.45) is 0 Å². The number of carboxylic acid groups (broad SMARTS) is 1. The number of carbonyl (C=O) groups is 1.